The van der Waals surface area contributed by atoms with Crippen LogP contribution in [0.1, 0.15) is 0 Å². The summed E-state index contributed by atoms with van der Waals surface area (Å²) in [5, 5.41) is 0. The van der Waals surface area contributed by atoms with Gasteiger partial charge < -0.3 is 19.7 Å². The first-order valence-corrected chi connectivity index (χ1v) is 3.26. The van der Waals surface area contributed by atoms with Crippen LogP contribution in [0.3, 0.4) is 0 Å². The number of epoxide rings is 2. The Balaban J connectivity index is 0.000000500. The average molecular weight is 170 g/mol. The van der Waals surface area contributed by atoms with Gasteiger partial charge in [0.05, 0.1) is 26.4 Å². The van der Waals surface area contributed by atoms with Crippen LogP contribution < -0.4 is 29.6 Å². The van der Waals surface area contributed by atoms with Crippen LogP contribution in [-0.2, 0) is 14.2 Å². The Hall–Kier alpha value is 0.840. The van der Waals surface area contributed by atoms with Crippen molar-refractivity contribution < 1.29 is 49.2 Å². The van der Waals surface area contributed by atoms with Gasteiger partial charge in [0.1, 0.15) is 12.2 Å². The summed E-state index contributed by atoms with van der Waals surface area (Å²) in [6, 6.07) is 0. The third-order valence-electron chi connectivity index (χ3n) is 1.41. The van der Waals surface area contributed by atoms with Gasteiger partial charge in [-0.1, -0.05) is 0 Å². The molecule has 5 heteroatoms. The molecule has 60 valence electrons. The first kappa shape index (κ1) is 11.8. The fourth-order valence-electron chi connectivity index (χ4n) is 0.659. The number of hydrogen-bond acceptors (Lipinski definition) is 4. The molecule has 0 spiro atoms. The Labute approximate surface area is 87.8 Å². The van der Waals surface area contributed by atoms with E-state index in [2.05, 4.69) is 0 Å². The zero-order valence-corrected chi connectivity index (χ0v) is 8.66. The van der Waals surface area contributed by atoms with E-state index < -0.39 is 0 Å². The molecule has 11 heavy (non-hydrogen) atoms. The van der Waals surface area contributed by atoms with Gasteiger partial charge in [-0.3, -0.25) is 0 Å². The molecule has 2 atom stereocenters. The molecule has 4 nitrogen and oxygen atoms in total. The van der Waals surface area contributed by atoms with Crippen LogP contribution in [0.5, 0.6) is 0 Å². The van der Waals surface area contributed by atoms with Gasteiger partial charge in [0, 0.05) is 0 Å². The van der Waals surface area contributed by atoms with Crippen molar-refractivity contribution in [3.05, 3.63) is 0 Å². The second-order valence-electron chi connectivity index (χ2n) is 2.45. The maximum atomic E-state index is 5.23. The monoisotopic (exact) mass is 170 g/mol. The fraction of sp³-hybridized carbons (Fsp3) is 1.00. The van der Waals surface area contributed by atoms with E-state index >= 15 is 0 Å². The standard InChI is InChI=1S/C6H10O3.Na.H2O/c1(5-3-8-5)7-2-6-4-9-6;;/h5-6H,1-4H2;;1H2/q;+1;/p-1. The van der Waals surface area contributed by atoms with Crippen molar-refractivity contribution in [3.8, 4) is 0 Å². The summed E-state index contributed by atoms with van der Waals surface area (Å²) >= 11 is 0. The second-order valence-corrected chi connectivity index (χ2v) is 2.45. The summed E-state index contributed by atoms with van der Waals surface area (Å²) in [6.07, 6.45) is 0.785. The van der Waals surface area contributed by atoms with Gasteiger partial charge in [-0.15, -0.1) is 0 Å². The molecule has 2 fully saturated rings. The summed E-state index contributed by atoms with van der Waals surface area (Å²) in [5.41, 5.74) is 0. The van der Waals surface area contributed by atoms with Crippen molar-refractivity contribution in [1.29, 1.82) is 0 Å². The zero-order valence-electron chi connectivity index (χ0n) is 6.66. The van der Waals surface area contributed by atoms with Crippen LogP contribution >= 0.6 is 0 Å². The molecule has 0 bridgehead atoms. The minimum Gasteiger partial charge on any atom is -0.870 e. The summed E-state index contributed by atoms with van der Waals surface area (Å²) in [7, 11) is 0. The van der Waals surface area contributed by atoms with E-state index in [0.29, 0.717) is 12.2 Å². The maximum Gasteiger partial charge on any atom is 1.00 e. The predicted octanol–water partition coefficient (Wildman–Crippen LogP) is -3.37. The van der Waals surface area contributed by atoms with E-state index in [1.165, 1.54) is 0 Å². The molecule has 0 aromatic heterocycles. The molecular formula is C6H11NaO4. The SMILES string of the molecule is C(OCC1CO1)C1CO1.[Na+].[OH-]. The first-order valence-electron chi connectivity index (χ1n) is 3.26. The van der Waals surface area contributed by atoms with Crippen LogP contribution in [0.15, 0.2) is 0 Å². The van der Waals surface area contributed by atoms with Crippen LogP contribution in [0.2, 0.25) is 0 Å². The number of rotatable bonds is 4. The quantitative estimate of drug-likeness (QED) is 0.326. The number of ether oxygens (including phenoxy) is 3. The maximum absolute atomic E-state index is 5.23. The minimum absolute atomic E-state index is 0. The third-order valence-corrected chi connectivity index (χ3v) is 1.41. The van der Waals surface area contributed by atoms with Gasteiger partial charge in [-0.2, -0.15) is 0 Å². The van der Waals surface area contributed by atoms with Crippen molar-refractivity contribution in [3.63, 3.8) is 0 Å². The Morgan fingerprint density at radius 3 is 1.73 bits per heavy atom. The molecule has 2 saturated heterocycles. The Morgan fingerprint density at radius 1 is 1.09 bits per heavy atom. The first-order chi connectivity index (χ1) is 4.45. The molecule has 1 N–H and O–H groups in total. The smallest absolute Gasteiger partial charge is 0.870 e. The zero-order chi connectivity index (χ0) is 6.10. The van der Waals surface area contributed by atoms with E-state index in [1.807, 2.05) is 0 Å². The van der Waals surface area contributed by atoms with Gasteiger partial charge in [0.25, 0.3) is 0 Å². The average Bonchev–Trinajstić information content (AvgIpc) is 2.57. The summed E-state index contributed by atoms with van der Waals surface area (Å²) in [6.45, 7) is 3.26. The molecule has 0 radical (unpaired) electrons. The van der Waals surface area contributed by atoms with Gasteiger partial charge in [0.2, 0.25) is 0 Å². The van der Waals surface area contributed by atoms with Gasteiger partial charge >= 0.3 is 29.6 Å². The Bertz CT molecular complexity index is 90.8. The molecule has 0 amide bonds. The van der Waals surface area contributed by atoms with Crippen molar-refractivity contribution in [2.45, 2.75) is 12.2 Å². The van der Waals surface area contributed by atoms with E-state index in [4.69, 9.17) is 14.2 Å². The molecular weight excluding hydrogens is 159 g/mol. The molecule has 2 unspecified atom stereocenters. The minimum atomic E-state index is 0. The van der Waals surface area contributed by atoms with Crippen LogP contribution in [0.4, 0.5) is 0 Å². The second kappa shape index (κ2) is 5.48. The number of hydrogen-bond donors (Lipinski definition) is 0. The molecule has 0 aliphatic carbocycles. The van der Waals surface area contributed by atoms with Gasteiger partial charge in [0.15, 0.2) is 0 Å². The molecule has 2 aliphatic rings. The normalized spacial score (nSPS) is 31.6. The van der Waals surface area contributed by atoms with Crippen LogP contribution in [0, 0.1) is 0 Å². The molecule has 0 aromatic carbocycles. The van der Waals surface area contributed by atoms with E-state index in [0.717, 1.165) is 26.4 Å². The van der Waals surface area contributed by atoms with E-state index in [1.54, 1.807) is 0 Å². The molecule has 2 rings (SSSR count). The topological polar surface area (TPSA) is 64.3 Å². The molecule has 2 heterocycles. The summed E-state index contributed by atoms with van der Waals surface area (Å²) < 4.78 is 15.1. The van der Waals surface area contributed by atoms with Gasteiger partial charge in [-0.05, 0) is 0 Å². The van der Waals surface area contributed by atoms with E-state index in [-0.39, 0.29) is 35.0 Å². The van der Waals surface area contributed by atoms with Crippen molar-refractivity contribution in [2.24, 2.45) is 0 Å². The summed E-state index contributed by atoms with van der Waals surface area (Å²) in [4.78, 5) is 0. The molecule has 0 saturated carbocycles. The van der Waals surface area contributed by atoms with Crippen molar-refractivity contribution in [1.82, 2.24) is 0 Å². The molecule has 0 aromatic rings. The van der Waals surface area contributed by atoms with Crippen molar-refractivity contribution in [2.75, 3.05) is 26.4 Å². The largest absolute Gasteiger partial charge is 1.00 e. The van der Waals surface area contributed by atoms with Gasteiger partial charge in [-0.25, -0.2) is 0 Å². The van der Waals surface area contributed by atoms with Crippen molar-refractivity contribution >= 4 is 0 Å². The molecule has 2 aliphatic heterocycles. The predicted molar refractivity (Wildman–Crippen MR) is 32.2 cm³/mol. The third kappa shape index (κ3) is 5.14. The Morgan fingerprint density at radius 2 is 1.45 bits per heavy atom. The summed E-state index contributed by atoms with van der Waals surface area (Å²) in [5.74, 6) is 0. The van der Waals surface area contributed by atoms with Crippen LogP contribution in [-0.4, -0.2) is 44.1 Å². The Kier molecular flexibility index (Phi) is 5.90. The van der Waals surface area contributed by atoms with Crippen LogP contribution in [0.25, 0.3) is 0 Å². The van der Waals surface area contributed by atoms with E-state index in [9.17, 15) is 0 Å². The fourth-order valence-corrected chi connectivity index (χ4v) is 0.659.